The molecule has 1 unspecified atom stereocenters. The van der Waals surface area contributed by atoms with Crippen molar-refractivity contribution in [2.24, 2.45) is 0 Å². The molecule has 2 saturated heterocycles. The van der Waals surface area contributed by atoms with E-state index in [1.54, 1.807) is 6.07 Å². The van der Waals surface area contributed by atoms with E-state index in [2.05, 4.69) is 10.6 Å². The molecule has 0 aliphatic carbocycles. The van der Waals surface area contributed by atoms with Crippen LogP contribution in [-0.4, -0.2) is 43.4 Å². The number of amides is 1. The smallest absolute Gasteiger partial charge is 0.399 e. The van der Waals surface area contributed by atoms with Gasteiger partial charge in [-0.2, -0.15) is 0 Å². The van der Waals surface area contributed by atoms with Crippen molar-refractivity contribution >= 4 is 30.9 Å². The first-order valence-corrected chi connectivity index (χ1v) is 8.36. The minimum absolute atomic E-state index is 0. The maximum atomic E-state index is 14.4. The lowest BCUT2D eigenvalue weighted by Crippen LogP contribution is -2.41. The Bertz CT molecular complexity index is 635. The summed E-state index contributed by atoms with van der Waals surface area (Å²) in [6.07, 6.45) is 0.860. The Morgan fingerprint density at radius 3 is 2.44 bits per heavy atom. The molecular formula is C17H25BClFN2O3. The summed E-state index contributed by atoms with van der Waals surface area (Å²) in [5.41, 5.74) is -0.355. The Morgan fingerprint density at radius 1 is 1.28 bits per heavy atom. The van der Waals surface area contributed by atoms with E-state index in [9.17, 15) is 9.18 Å². The third-order valence-electron chi connectivity index (χ3n) is 5.16. The first-order chi connectivity index (χ1) is 11.2. The van der Waals surface area contributed by atoms with Crippen molar-refractivity contribution in [2.75, 3.05) is 13.1 Å². The summed E-state index contributed by atoms with van der Waals surface area (Å²) < 4.78 is 26.3. The van der Waals surface area contributed by atoms with Crippen LogP contribution in [0.2, 0.25) is 0 Å². The van der Waals surface area contributed by atoms with E-state index < -0.39 is 24.1 Å². The lowest BCUT2D eigenvalue weighted by Gasteiger charge is -2.32. The average Bonchev–Trinajstić information content (AvgIpc) is 3.05. The molecule has 138 valence electrons. The van der Waals surface area contributed by atoms with Gasteiger partial charge in [-0.3, -0.25) is 4.79 Å². The molecule has 2 aliphatic heterocycles. The van der Waals surface area contributed by atoms with Crippen LogP contribution in [0.25, 0.3) is 0 Å². The van der Waals surface area contributed by atoms with E-state index in [0.29, 0.717) is 5.46 Å². The Balaban J connectivity index is 0.00000225. The van der Waals surface area contributed by atoms with Gasteiger partial charge in [0.1, 0.15) is 5.82 Å². The maximum absolute atomic E-state index is 14.4. The quantitative estimate of drug-likeness (QED) is 0.794. The molecule has 8 heteroatoms. The summed E-state index contributed by atoms with van der Waals surface area (Å²) in [5, 5.41) is 6.01. The van der Waals surface area contributed by atoms with Gasteiger partial charge < -0.3 is 19.9 Å². The third-order valence-corrected chi connectivity index (χ3v) is 5.16. The lowest BCUT2D eigenvalue weighted by molar-refractivity contribution is 0.00578. The first kappa shape index (κ1) is 20.2. The van der Waals surface area contributed by atoms with Gasteiger partial charge in [-0.25, -0.2) is 4.39 Å². The molecule has 0 radical (unpaired) electrons. The number of nitrogens with one attached hydrogen (secondary N) is 2. The second kappa shape index (κ2) is 7.23. The molecule has 25 heavy (non-hydrogen) atoms. The fraction of sp³-hybridized carbons (Fsp3) is 0.588. The number of rotatable bonds is 3. The molecule has 5 nitrogen and oxygen atoms in total. The van der Waals surface area contributed by atoms with Gasteiger partial charge in [0.2, 0.25) is 0 Å². The first-order valence-electron chi connectivity index (χ1n) is 8.36. The number of carbonyl (C=O) groups excluding carboxylic acids is 1. The predicted octanol–water partition coefficient (Wildman–Crippen LogP) is 1.64. The zero-order valence-corrected chi connectivity index (χ0v) is 15.8. The van der Waals surface area contributed by atoms with Gasteiger partial charge in [0.05, 0.1) is 16.8 Å². The summed E-state index contributed by atoms with van der Waals surface area (Å²) >= 11 is 0. The second-order valence-corrected chi connectivity index (χ2v) is 7.49. The van der Waals surface area contributed by atoms with Crippen molar-refractivity contribution in [3.05, 3.63) is 29.6 Å². The summed E-state index contributed by atoms with van der Waals surface area (Å²) in [4.78, 5) is 12.2. The molecule has 2 aliphatic rings. The van der Waals surface area contributed by atoms with Crippen molar-refractivity contribution in [3.8, 4) is 0 Å². The van der Waals surface area contributed by atoms with Crippen molar-refractivity contribution in [1.29, 1.82) is 0 Å². The van der Waals surface area contributed by atoms with E-state index >= 15 is 0 Å². The van der Waals surface area contributed by atoms with Crippen molar-refractivity contribution in [1.82, 2.24) is 10.6 Å². The minimum Gasteiger partial charge on any atom is -0.399 e. The van der Waals surface area contributed by atoms with E-state index in [0.717, 1.165) is 19.5 Å². The molecule has 0 bridgehead atoms. The summed E-state index contributed by atoms with van der Waals surface area (Å²) in [7, 11) is -0.638. The summed E-state index contributed by atoms with van der Waals surface area (Å²) in [6, 6.07) is 4.56. The van der Waals surface area contributed by atoms with Gasteiger partial charge in [0.25, 0.3) is 5.91 Å². The van der Waals surface area contributed by atoms with Crippen LogP contribution in [0.5, 0.6) is 0 Å². The van der Waals surface area contributed by atoms with E-state index in [1.165, 1.54) is 12.1 Å². The SMILES string of the molecule is CC1(C)OB(c2ccc(C(=O)NC3CCNC3)c(F)c2)OC1(C)C.Cl. The normalized spacial score (nSPS) is 24.0. The monoisotopic (exact) mass is 370 g/mol. The Kier molecular flexibility index (Phi) is 5.83. The predicted molar refractivity (Wildman–Crippen MR) is 98.1 cm³/mol. The Labute approximate surface area is 154 Å². The Hall–Kier alpha value is -1.15. The average molecular weight is 371 g/mol. The van der Waals surface area contributed by atoms with Crippen LogP contribution in [0.4, 0.5) is 4.39 Å². The molecule has 0 aromatic heterocycles. The zero-order chi connectivity index (χ0) is 17.5. The molecule has 2 fully saturated rings. The van der Waals surface area contributed by atoms with E-state index in [1.807, 2.05) is 27.7 Å². The molecule has 0 saturated carbocycles. The van der Waals surface area contributed by atoms with Gasteiger partial charge in [-0.1, -0.05) is 6.07 Å². The second-order valence-electron chi connectivity index (χ2n) is 7.49. The van der Waals surface area contributed by atoms with Crippen LogP contribution in [0.3, 0.4) is 0 Å². The van der Waals surface area contributed by atoms with Gasteiger partial charge in [0, 0.05) is 12.6 Å². The molecular weight excluding hydrogens is 345 g/mol. The number of halogens is 2. The van der Waals surface area contributed by atoms with Gasteiger partial charge in [0.15, 0.2) is 0 Å². The Morgan fingerprint density at radius 2 is 1.92 bits per heavy atom. The number of carbonyl (C=O) groups is 1. The third kappa shape index (κ3) is 4.00. The van der Waals surface area contributed by atoms with Gasteiger partial charge >= 0.3 is 7.12 Å². The largest absolute Gasteiger partial charge is 0.494 e. The molecule has 1 atom stereocenters. The topological polar surface area (TPSA) is 59.6 Å². The standard InChI is InChI=1S/C17H24BFN2O3.ClH/c1-16(2)17(3,4)24-18(23-16)11-5-6-13(14(19)9-11)15(22)21-12-7-8-20-10-12;/h5-6,9,12,20H,7-8,10H2,1-4H3,(H,21,22);1H. The lowest BCUT2D eigenvalue weighted by atomic mass is 9.78. The fourth-order valence-corrected chi connectivity index (χ4v) is 2.88. The van der Waals surface area contributed by atoms with Crippen LogP contribution in [0.15, 0.2) is 18.2 Å². The van der Waals surface area contributed by atoms with Gasteiger partial charge in [-0.15, -0.1) is 12.4 Å². The maximum Gasteiger partial charge on any atom is 0.494 e. The summed E-state index contributed by atoms with van der Waals surface area (Å²) in [6.45, 7) is 9.37. The molecule has 0 spiro atoms. The van der Waals surface area contributed by atoms with Crippen LogP contribution in [-0.2, 0) is 9.31 Å². The van der Waals surface area contributed by atoms with Crippen LogP contribution >= 0.6 is 12.4 Å². The van der Waals surface area contributed by atoms with Crippen LogP contribution in [0, 0.1) is 5.82 Å². The molecule has 2 heterocycles. The highest BCUT2D eigenvalue weighted by Gasteiger charge is 2.51. The van der Waals surface area contributed by atoms with Crippen molar-refractivity contribution < 1.29 is 18.5 Å². The molecule has 1 amide bonds. The highest BCUT2D eigenvalue weighted by Crippen LogP contribution is 2.36. The number of benzene rings is 1. The number of hydrogen-bond acceptors (Lipinski definition) is 4. The molecule has 1 aromatic rings. The highest BCUT2D eigenvalue weighted by molar-refractivity contribution is 6.62. The molecule has 3 rings (SSSR count). The fourth-order valence-electron chi connectivity index (χ4n) is 2.88. The van der Waals surface area contributed by atoms with Crippen molar-refractivity contribution in [3.63, 3.8) is 0 Å². The molecule has 2 N–H and O–H groups in total. The van der Waals surface area contributed by atoms with E-state index in [-0.39, 0.29) is 29.9 Å². The van der Waals surface area contributed by atoms with Gasteiger partial charge in [-0.05, 0) is 58.3 Å². The van der Waals surface area contributed by atoms with Crippen LogP contribution in [0.1, 0.15) is 44.5 Å². The number of hydrogen-bond donors (Lipinski definition) is 2. The summed E-state index contributed by atoms with van der Waals surface area (Å²) in [5.74, 6) is -0.952. The van der Waals surface area contributed by atoms with Crippen molar-refractivity contribution in [2.45, 2.75) is 51.4 Å². The van der Waals surface area contributed by atoms with E-state index in [4.69, 9.17) is 9.31 Å². The van der Waals surface area contributed by atoms with Crippen LogP contribution < -0.4 is 16.1 Å². The molecule has 1 aromatic carbocycles. The highest BCUT2D eigenvalue weighted by atomic mass is 35.5. The minimum atomic E-state index is -0.638. The zero-order valence-electron chi connectivity index (χ0n) is 15.0.